The first-order valence-corrected chi connectivity index (χ1v) is 12.6. The number of hydrogen-bond donors (Lipinski definition) is 0. The molecule has 0 N–H and O–H groups in total. The Kier molecular flexibility index (Phi) is 8.39. The molecule has 1 fully saturated rings. The number of ether oxygens (including phenoxy) is 2. The summed E-state index contributed by atoms with van der Waals surface area (Å²) < 4.78 is 16.5. The molecule has 1 atom stereocenters. The molecule has 3 rings (SSSR count). The van der Waals surface area contributed by atoms with Crippen LogP contribution in [0.4, 0.5) is 0 Å². The van der Waals surface area contributed by atoms with Gasteiger partial charge in [0.2, 0.25) is 0 Å². The number of hydrogen-bond acceptors (Lipinski definition) is 5. The highest BCUT2D eigenvalue weighted by Crippen LogP contribution is 2.17. The van der Waals surface area contributed by atoms with Crippen molar-refractivity contribution in [3.8, 4) is 0 Å². The molecule has 1 unspecified atom stereocenters. The van der Waals surface area contributed by atoms with Crippen LogP contribution in [0.15, 0.2) is 60.7 Å². The summed E-state index contributed by atoms with van der Waals surface area (Å²) in [5, 5.41) is 2.53. The number of esters is 1. The van der Waals surface area contributed by atoms with Gasteiger partial charge >= 0.3 is 5.97 Å². The van der Waals surface area contributed by atoms with Gasteiger partial charge in [0, 0.05) is 26.3 Å². The molecule has 0 aromatic heterocycles. The van der Waals surface area contributed by atoms with E-state index >= 15 is 0 Å². The van der Waals surface area contributed by atoms with Crippen LogP contribution in [-0.2, 0) is 18.7 Å². The normalized spacial score (nSPS) is 17.0. The predicted molar refractivity (Wildman–Crippen MR) is 123 cm³/mol. The maximum atomic E-state index is 11.4. The molecule has 1 saturated heterocycles. The second kappa shape index (κ2) is 11.2. The van der Waals surface area contributed by atoms with Gasteiger partial charge in [0.05, 0.1) is 20.3 Å². The monoisotopic (exact) mass is 425 g/mol. The van der Waals surface area contributed by atoms with Crippen LogP contribution in [0, 0.1) is 0 Å². The molecule has 5 nitrogen and oxygen atoms in total. The van der Waals surface area contributed by atoms with E-state index in [-0.39, 0.29) is 5.97 Å². The number of morpholine rings is 1. The van der Waals surface area contributed by atoms with E-state index in [0.29, 0.717) is 0 Å². The maximum absolute atomic E-state index is 11.4. The van der Waals surface area contributed by atoms with Gasteiger partial charge in [-0.2, -0.15) is 0 Å². The summed E-state index contributed by atoms with van der Waals surface area (Å²) in [7, 11) is 0.872. The maximum Gasteiger partial charge on any atom is 0.330 e. The van der Waals surface area contributed by atoms with Crippen molar-refractivity contribution in [1.29, 1.82) is 0 Å². The predicted octanol–water partition coefficient (Wildman–Crippen LogP) is 2.30. The van der Waals surface area contributed by atoms with Crippen molar-refractivity contribution < 1.29 is 18.7 Å². The highest BCUT2D eigenvalue weighted by molar-refractivity contribution is 6.97. The largest absolute Gasteiger partial charge is 0.466 e. The molecular weight excluding hydrogens is 394 g/mol. The van der Waals surface area contributed by atoms with Crippen molar-refractivity contribution in [3.05, 3.63) is 66.2 Å². The summed E-state index contributed by atoms with van der Waals surface area (Å²) in [4.78, 5) is 13.8. The van der Waals surface area contributed by atoms with Crippen molar-refractivity contribution >= 4 is 30.7 Å². The SMILES string of the molecule is COC(=O)/C=C/c1ccc([Si](CCCN2CCOCC2)(OC)c2ccccc2)cc1. The summed E-state index contributed by atoms with van der Waals surface area (Å²) in [5.41, 5.74) is 0.963. The highest BCUT2D eigenvalue weighted by atomic mass is 28.4. The molecule has 0 spiro atoms. The van der Waals surface area contributed by atoms with Gasteiger partial charge in [-0.1, -0.05) is 54.6 Å². The molecule has 1 aliphatic heterocycles. The van der Waals surface area contributed by atoms with Gasteiger partial charge in [0.15, 0.2) is 0 Å². The molecule has 6 heteroatoms. The number of nitrogens with zero attached hydrogens (tertiary/aromatic N) is 1. The van der Waals surface area contributed by atoms with Gasteiger partial charge in [-0.25, -0.2) is 4.79 Å². The molecule has 1 aliphatic rings. The molecule has 0 amide bonds. The summed E-state index contributed by atoms with van der Waals surface area (Å²) in [6.45, 7) is 4.73. The fourth-order valence-corrected chi connectivity index (χ4v) is 7.65. The third kappa shape index (κ3) is 5.67. The molecule has 2 aromatic carbocycles. The smallest absolute Gasteiger partial charge is 0.330 e. The van der Waals surface area contributed by atoms with Crippen LogP contribution in [-0.4, -0.2) is 66.3 Å². The number of carbonyl (C=O) groups excluding carboxylic acids is 1. The molecular formula is C24H31NO4Si. The Morgan fingerprint density at radius 3 is 2.33 bits per heavy atom. The van der Waals surface area contributed by atoms with Crippen LogP contribution in [0.1, 0.15) is 12.0 Å². The van der Waals surface area contributed by atoms with Crippen LogP contribution < -0.4 is 10.4 Å². The third-order valence-corrected chi connectivity index (χ3v) is 9.97. The van der Waals surface area contributed by atoms with E-state index in [2.05, 4.69) is 46.0 Å². The molecule has 30 heavy (non-hydrogen) atoms. The van der Waals surface area contributed by atoms with Crippen LogP contribution in [0.25, 0.3) is 6.08 Å². The second-order valence-electron chi connectivity index (χ2n) is 7.43. The Morgan fingerprint density at radius 2 is 1.70 bits per heavy atom. The Bertz CT molecular complexity index is 819. The van der Waals surface area contributed by atoms with E-state index < -0.39 is 8.32 Å². The van der Waals surface area contributed by atoms with Crippen LogP contribution in [0.3, 0.4) is 0 Å². The lowest BCUT2D eigenvalue weighted by Gasteiger charge is -2.33. The average Bonchev–Trinajstić information content (AvgIpc) is 2.82. The number of rotatable bonds is 9. The summed E-state index contributed by atoms with van der Waals surface area (Å²) in [6, 6.07) is 20.0. The second-order valence-corrected chi connectivity index (χ2v) is 11.2. The van der Waals surface area contributed by atoms with E-state index in [0.717, 1.165) is 50.9 Å². The first kappa shape index (κ1) is 22.4. The van der Waals surface area contributed by atoms with Crippen molar-refractivity contribution in [1.82, 2.24) is 4.90 Å². The number of benzene rings is 2. The first-order chi connectivity index (χ1) is 14.7. The summed E-state index contributed by atoms with van der Waals surface area (Å²) in [6.07, 6.45) is 4.29. The Hall–Kier alpha value is -2.25. The minimum atomic E-state index is -2.35. The van der Waals surface area contributed by atoms with Gasteiger partial charge in [0.25, 0.3) is 8.32 Å². The molecule has 0 saturated carbocycles. The Morgan fingerprint density at radius 1 is 1.03 bits per heavy atom. The highest BCUT2D eigenvalue weighted by Gasteiger charge is 2.38. The van der Waals surface area contributed by atoms with E-state index in [1.165, 1.54) is 23.6 Å². The van der Waals surface area contributed by atoms with Gasteiger partial charge in [-0.15, -0.1) is 0 Å². The molecule has 0 bridgehead atoms. The van der Waals surface area contributed by atoms with E-state index in [4.69, 9.17) is 9.16 Å². The fraction of sp³-hybridized carbons (Fsp3) is 0.375. The van der Waals surface area contributed by atoms with E-state index in [1.807, 2.05) is 25.3 Å². The topological polar surface area (TPSA) is 48.0 Å². The lowest BCUT2D eigenvalue weighted by atomic mass is 10.2. The zero-order chi connectivity index (χ0) is 21.2. The average molecular weight is 426 g/mol. The standard InChI is InChI=1S/C24H31NO4Si/c1-27-24(26)14-11-21-9-12-23(13-10-21)30(28-2,22-7-4-3-5-8-22)20-6-15-25-16-18-29-19-17-25/h3-5,7-14H,6,15-20H2,1-2H3/b14-11+. The first-order valence-electron chi connectivity index (χ1n) is 10.5. The lowest BCUT2D eigenvalue weighted by Crippen LogP contribution is -2.60. The molecule has 0 aliphatic carbocycles. The van der Waals surface area contributed by atoms with Gasteiger partial charge in [-0.05, 0) is 41.0 Å². The fourth-order valence-electron chi connectivity index (χ4n) is 3.97. The number of carbonyl (C=O) groups is 1. The van der Waals surface area contributed by atoms with Gasteiger partial charge in [0.1, 0.15) is 0 Å². The Labute approximate surface area is 180 Å². The minimum absolute atomic E-state index is 0.355. The van der Waals surface area contributed by atoms with Crippen LogP contribution >= 0.6 is 0 Å². The van der Waals surface area contributed by atoms with Gasteiger partial charge < -0.3 is 13.9 Å². The van der Waals surface area contributed by atoms with Crippen LogP contribution in [0.2, 0.25) is 6.04 Å². The van der Waals surface area contributed by atoms with E-state index in [1.54, 1.807) is 6.08 Å². The molecule has 0 radical (unpaired) electrons. The molecule has 160 valence electrons. The van der Waals surface area contributed by atoms with Gasteiger partial charge in [-0.3, -0.25) is 4.90 Å². The summed E-state index contributed by atoms with van der Waals surface area (Å²) in [5.74, 6) is -0.355. The molecule has 1 heterocycles. The van der Waals surface area contributed by atoms with E-state index in [9.17, 15) is 4.79 Å². The number of methoxy groups -OCH3 is 1. The van der Waals surface area contributed by atoms with Crippen LogP contribution in [0.5, 0.6) is 0 Å². The zero-order valence-corrected chi connectivity index (χ0v) is 18.9. The zero-order valence-electron chi connectivity index (χ0n) is 17.9. The van der Waals surface area contributed by atoms with Crippen molar-refractivity contribution in [2.75, 3.05) is 47.1 Å². The third-order valence-electron chi connectivity index (χ3n) is 5.69. The quantitative estimate of drug-likeness (QED) is 0.351. The Balaban J connectivity index is 1.81. The summed E-state index contributed by atoms with van der Waals surface area (Å²) >= 11 is 0. The van der Waals surface area contributed by atoms with Crippen molar-refractivity contribution in [3.63, 3.8) is 0 Å². The minimum Gasteiger partial charge on any atom is -0.466 e. The van der Waals surface area contributed by atoms with Crippen molar-refractivity contribution in [2.24, 2.45) is 0 Å². The van der Waals surface area contributed by atoms with Crippen molar-refractivity contribution in [2.45, 2.75) is 12.5 Å². The lowest BCUT2D eigenvalue weighted by molar-refractivity contribution is -0.134. The molecule has 2 aromatic rings.